The van der Waals surface area contributed by atoms with Crippen molar-refractivity contribution in [3.05, 3.63) is 29.8 Å². The van der Waals surface area contributed by atoms with Gasteiger partial charge in [0.1, 0.15) is 0 Å². The highest BCUT2D eigenvalue weighted by Gasteiger charge is 2.29. The van der Waals surface area contributed by atoms with Crippen LogP contribution in [0.4, 0.5) is 14.5 Å². The third-order valence-electron chi connectivity index (χ3n) is 4.00. The lowest BCUT2D eigenvalue weighted by atomic mass is 9.94. The molecule has 2 rings (SSSR count). The predicted molar refractivity (Wildman–Crippen MR) is 80.6 cm³/mol. The number of carbonyl (C=O) groups excluding carboxylic acids is 2. The van der Waals surface area contributed by atoms with Crippen LogP contribution in [0.2, 0.25) is 0 Å². The van der Waals surface area contributed by atoms with Crippen LogP contribution in [0.3, 0.4) is 0 Å². The van der Waals surface area contributed by atoms with Gasteiger partial charge in [-0.25, -0.2) is 8.78 Å². The molecule has 1 aliphatic rings. The summed E-state index contributed by atoms with van der Waals surface area (Å²) in [5.74, 6) is -4.07. The van der Waals surface area contributed by atoms with Crippen LogP contribution in [0.15, 0.2) is 18.2 Å². The van der Waals surface area contributed by atoms with Gasteiger partial charge in [-0.15, -0.1) is 0 Å². The molecule has 0 unspecified atom stereocenters. The summed E-state index contributed by atoms with van der Waals surface area (Å²) < 4.78 is 25.9. The van der Waals surface area contributed by atoms with E-state index in [0.717, 1.165) is 43.9 Å². The molecule has 2 amide bonds. The number of benzene rings is 1. The van der Waals surface area contributed by atoms with Crippen molar-refractivity contribution in [2.45, 2.75) is 44.1 Å². The fourth-order valence-corrected chi connectivity index (χ4v) is 2.65. The molecule has 0 atom stereocenters. The van der Waals surface area contributed by atoms with Gasteiger partial charge in [0.15, 0.2) is 11.6 Å². The molecule has 0 heterocycles. The van der Waals surface area contributed by atoms with Gasteiger partial charge in [0.2, 0.25) is 0 Å². The van der Waals surface area contributed by atoms with E-state index in [0.29, 0.717) is 12.8 Å². The monoisotopic (exact) mass is 326 g/mol. The normalized spacial score (nSPS) is 17.2. The summed E-state index contributed by atoms with van der Waals surface area (Å²) in [6.07, 6.45) is 5.02. The van der Waals surface area contributed by atoms with E-state index in [1.165, 1.54) is 0 Å². The maximum atomic E-state index is 13.1. The highest BCUT2D eigenvalue weighted by molar-refractivity contribution is 6.39. The van der Waals surface area contributed by atoms with Gasteiger partial charge >= 0.3 is 11.8 Å². The van der Waals surface area contributed by atoms with E-state index in [4.69, 9.17) is 0 Å². The zero-order chi connectivity index (χ0) is 16.9. The van der Waals surface area contributed by atoms with E-state index in [1.54, 1.807) is 0 Å². The molecule has 1 fully saturated rings. The minimum absolute atomic E-state index is 0.00294. The Bertz CT molecular complexity index is 585. The first-order chi connectivity index (χ1) is 10.9. The molecule has 0 aromatic heterocycles. The Morgan fingerprint density at radius 2 is 1.70 bits per heavy atom. The summed E-state index contributed by atoms with van der Waals surface area (Å²) in [5.41, 5.74) is -1.01. The molecule has 7 heteroatoms. The average Bonchev–Trinajstić information content (AvgIpc) is 2.74. The summed E-state index contributed by atoms with van der Waals surface area (Å²) >= 11 is 0. The topological polar surface area (TPSA) is 78.4 Å². The second-order valence-corrected chi connectivity index (χ2v) is 5.90. The maximum Gasteiger partial charge on any atom is 0.313 e. The number of nitrogens with one attached hydrogen (secondary N) is 2. The molecular formula is C16H20F2N2O3. The van der Waals surface area contributed by atoms with Crippen molar-refractivity contribution in [2.75, 3.05) is 11.9 Å². The van der Waals surface area contributed by atoms with Crippen molar-refractivity contribution in [1.82, 2.24) is 5.32 Å². The highest BCUT2D eigenvalue weighted by atomic mass is 19.2. The van der Waals surface area contributed by atoms with Crippen LogP contribution in [0.5, 0.6) is 0 Å². The number of rotatable bonds is 3. The third kappa shape index (κ3) is 4.99. The Kier molecular flexibility index (Phi) is 5.65. The minimum Gasteiger partial charge on any atom is -0.388 e. The van der Waals surface area contributed by atoms with Crippen LogP contribution in [0.25, 0.3) is 0 Å². The van der Waals surface area contributed by atoms with Crippen LogP contribution < -0.4 is 10.6 Å². The zero-order valence-electron chi connectivity index (χ0n) is 12.7. The summed E-state index contributed by atoms with van der Waals surface area (Å²) in [6, 6.07) is 2.80. The van der Waals surface area contributed by atoms with Crippen LogP contribution in [-0.4, -0.2) is 29.1 Å². The minimum atomic E-state index is -1.11. The van der Waals surface area contributed by atoms with Crippen molar-refractivity contribution in [3.63, 3.8) is 0 Å². The Morgan fingerprint density at radius 1 is 1.04 bits per heavy atom. The Labute approximate surface area is 133 Å². The SMILES string of the molecule is O=C(NCC1(O)CCCCCC1)C(=O)Nc1ccc(F)c(F)c1. The number of amides is 2. The maximum absolute atomic E-state index is 13.1. The predicted octanol–water partition coefficient (Wildman–Crippen LogP) is 2.10. The molecule has 0 radical (unpaired) electrons. The van der Waals surface area contributed by atoms with Crippen molar-refractivity contribution in [2.24, 2.45) is 0 Å². The summed E-state index contributed by atoms with van der Waals surface area (Å²) in [4.78, 5) is 23.5. The van der Waals surface area contributed by atoms with Gasteiger partial charge in [0.25, 0.3) is 0 Å². The van der Waals surface area contributed by atoms with E-state index >= 15 is 0 Å². The van der Waals surface area contributed by atoms with Crippen LogP contribution >= 0.6 is 0 Å². The fourth-order valence-electron chi connectivity index (χ4n) is 2.65. The molecule has 0 saturated heterocycles. The van der Waals surface area contributed by atoms with Gasteiger partial charge in [-0.3, -0.25) is 9.59 Å². The number of hydrogen-bond acceptors (Lipinski definition) is 3. The van der Waals surface area contributed by atoms with Crippen LogP contribution in [-0.2, 0) is 9.59 Å². The highest BCUT2D eigenvalue weighted by Crippen LogP contribution is 2.26. The van der Waals surface area contributed by atoms with Crippen molar-refractivity contribution < 1.29 is 23.5 Å². The number of carbonyl (C=O) groups is 2. The fraction of sp³-hybridized carbons (Fsp3) is 0.500. The third-order valence-corrected chi connectivity index (χ3v) is 4.00. The Balaban J connectivity index is 1.87. The van der Waals surface area contributed by atoms with E-state index in [-0.39, 0.29) is 12.2 Å². The van der Waals surface area contributed by atoms with Gasteiger partial charge < -0.3 is 15.7 Å². The lowest BCUT2D eigenvalue weighted by molar-refractivity contribution is -0.136. The number of aliphatic hydroxyl groups is 1. The van der Waals surface area contributed by atoms with Gasteiger partial charge in [-0.2, -0.15) is 0 Å². The smallest absolute Gasteiger partial charge is 0.313 e. The van der Waals surface area contributed by atoms with Gasteiger partial charge in [0.05, 0.1) is 5.60 Å². The molecule has 0 spiro atoms. The molecule has 1 aliphatic carbocycles. The van der Waals surface area contributed by atoms with Gasteiger partial charge in [-0.05, 0) is 25.0 Å². The molecule has 1 saturated carbocycles. The number of halogens is 2. The first-order valence-corrected chi connectivity index (χ1v) is 7.66. The standard InChI is InChI=1S/C16H20F2N2O3/c17-12-6-5-11(9-13(12)18)20-15(22)14(21)19-10-16(23)7-3-1-2-4-8-16/h5-6,9,23H,1-4,7-8,10H2,(H,19,21)(H,20,22). The lowest BCUT2D eigenvalue weighted by Crippen LogP contribution is -2.46. The molecule has 1 aromatic rings. The quantitative estimate of drug-likeness (QED) is 0.588. The largest absolute Gasteiger partial charge is 0.388 e. The Morgan fingerprint density at radius 3 is 2.30 bits per heavy atom. The first-order valence-electron chi connectivity index (χ1n) is 7.66. The van der Waals surface area contributed by atoms with Gasteiger partial charge in [-0.1, -0.05) is 25.7 Å². The van der Waals surface area contributed by atoms with Crippen molar-refractivity contribution >= 4 is 17.5 Å². The average molecular weight is 326 g/mol. The number of hydrogen-bond donors (Lipinski definition) is 3. The van der Waals surface area contributed by atoms with E-state index < -0.39 is 29.0 Å². The summed E-state index contributed by atoms with van der Waals surface area (Å²) in [5, 5.41) is 15.0. The van der Waals surface area contributed by atoms with E-state index in [1.807, 2.05) is 0 Å². The van der Waals surface area contributed by atoms with Crippen LogP contribution in [0, 0.1) is 11.6 Å². The molecule has 5 nitrogen and oxygen atoms in total. The first kappa shape index (κ1) is 17.3. The lowest BCUT2D eigenvalue weighted by Gasteiger charge is -2.26. The summed E-state index contributed by atoms with van der Waals surface area (Å²) in [6.45, 7) is -0.00294. The summed E-state index contributed by atoms with van der Waals surface area (Å²) in [7, 11) is 0. The zero-order valence-corrected chi connectivity index (χ0v) is 12.7. The molecular weight excluding hydrogens is 306 g/mol. The van der Waals surface area contributed by atoms with E-state index in [2.05, 4.69) is 10.6 Å². The molecule has 1 aromatic carbocycles. The van der Waals surface area contributed by atoms with Crippen molar-refractivity contribution in [3.8, 4) is 0 Å². The molecule has 0 aliphatic heterocycles. The van der Waals surface area contributed by atoms with Gasteiger partial charge in [0, 0.05) is 18.3 Å². The molecule has 126 valence electrons. The molecule has 3 N–H and O–H groups in total. The second-order valence-electron chi connectivity index (χ2n) is 5.90. The number of anilines is 1. The van der Waals surface area contributed by atoms with E-state index in [9.17, 15) is 23.5 Å². The van der Waals surface area contributed by atoms with Crippen molar-refractivity contribution in [1.29, 1.82) is 0 Å². The molecule has 0 bridgehead atoms. The molecule has 23 heavy (non-hydrogen) atoms. The Hall–Kier alpha value is -2.02. The van der Waals surface area contributed by atoms with Crippen LogP contribution in [0.1, 0.15) is 38.5 Å². The second kappa shape index (κ2) is 7.50.